The molecule has 4 amide bonds. The van der Waals surface area contributed by atoms with Gasteiger partial charge in [-0.15, -0.1) is 0 Å². The number of nitrogens with zero attached hydrogens (tertiary/aromatic N) is 2. The molecule has 2 aliphatic heterocycles. The molecule has 2 heterocycles. The van der Waals surface area contributed by atoms with E-state index in [0.29, 0.717) is 49.2 Å². The standard InChI is InChI=1S/C47H35BrN2O8/c1-58-37-23-29(48)22-35(43(37)53)38-32-20-21-33-39(46(56)49(44(33)54)30-16-12-27(13-17-30)41(51)25-8-4-2-5-9-25)34(32)24-36-40(38)47(57)50(45(36)55)31-18-14-28(15-19-31)42(52)26-10-6-3-7-11-26/h2-20,22-23,33-34,36,38-40,53H,21,24H2,1H3/t33-,34+,36+,38+,39-,40+/m0/s1. The van der Waals surface area contributed by atoms with Crippen LogP contribution in [0, 0.1) is 29.6 Å². The lowest BCUT2D eigenvalue weighted by Gasteiger charge is -2.44. The number of hydrogen-bond donors (Lipinski definition) is 1. The van der Waals surface area contributed by atoms with Crippen molar-refractivity contribution in [3.63, 3.8) is 0 Å². The molecule has 2 saturated heterocycles. The Hall–Kier alpha value is -6.46. The van der Waals surface area contributed by atoms with Gasteiger partial charge in [-0.2, -0.15) is 0 Å². The number of phenolic OH excluding ortho intramolecular Hbond substituents is 1. The molecule has 58 heavy (non-hydrogen) atoms. The number of carbonyl (C=O) groups is 6. The number of ether oxygens (including phenoxy) is 1. The lowest BCUT2D eigenvalue weighted by Crippen LogP contribution is -2.43. The van der Waals surface area contributed by atoms with Crippen LogP contribution in [-0.2, 0) is 19.2 Å². The average molecular weight is 836 g/mol. The number of carbonyl (C=O) groups excluding carboxylic acids is 6. The van der Waals surface area contributed by atoms with E-state index in [9.17, 15) is 33.9 Å². The Bertz CT molecular complexity index is 2570. The smallest absolute Gasteiger partial charge is 0.238 e. The van der Waals surface area contributed by atoms with Gasteiger partial charge in [-0.25, -0.2) is 0 Å². The fourth-order valence-corrected chi connectivity index (χ4v) is 9.92. The Morgan fingerprint density at radius 1 is 0.621 bits per heavy atom. The van der Waals surface area contributed by atoms with E-state index in [1.807, 2.05) is 18.2 Å². The largest absolute Gasteiger partial charge is 0.504 e. The fourth-order valence-electron chi connectivity index (χ4n) is 9.47. The Balaban J connectivity index is 1.07. The number of ketones is 2. The molecular weight excluding hydrogens is 800 g/mol. The number of halogens is 1. The molecule has 4 aliphatic rings. The van der Waals surface area contributed by atoms with Gasteiger partial charge in [0, 0.05) is 38.2 Å². The second-order valence-corrected chi connectivity index (χ2v) is 16.0. The molecule has 0 aromatic heterocycles. The molecule has 5 aromatic rings. The molecule has 0 spiro atoms. The van der Waals surface area contributed by atoms with Gasteiger partial charge in [0.2, 0.25) is 23.6 Å². The highest BCUT2D eigenvalue weighted by atomic mass is 79.9. The van der Waals surface area contributed by atoms with Crippen LogP contribution in [0.3, 0.4) is 0 Å². The number of imide groups is 2. The first kappa shape index (κ1) is 37.1. The van der Waals surface area contributed by atoms with Gasteiger partial charge in [0.1, 0.15) is 0 Å². The molecule has 10 nitrogen and oxygen atoms in total. The Labute approximate surface area is 341 Å². The first-order valence-electron chi connectivity index (χ1n) is 19.0. The molecular formula is C47H35BrN2O8. The van der Waals surface area contributed by atoms with Crippen LogP contribution in [0.4, 0.5) is 11.4 Å². The van der Waals surface area contributed by atoms with Crippen LogP contribution in [0.25, 0.3) is 0 Å². The summed E-state index contributed by atoms with van der Waals surface area (Å²) < 4.78 is 6.08. The molecule has 6 atom stereocenters. The van der Waals surface area contributed by atoms with Crippen LogP contribution in [0.1, 0.15) is 56.2 Å². The van der Waals surface area contributed by atoms with Crippen LogP contribution in [0.2, 0.25) is 0 Å². The maximum atomic E-state index is 14.7. The number of methoxy groups -OCH3 is 1. The molecule has 288 valence electrons. The summed E-state index contributed by atoms with van der Waals surface area (Å²) in [6.07, 6.45) is 2.24. The summed E-state index contributed by atoms with van der Waals surface area (Å²) in [6.45, 7) is 0. The van der Waals surface area contributed by atoms with Gasteiger partial charge >= 0.3 is 0 Å². The van der Waals surface area contributed by atoms with Gasteiger partial charge in [0.05, 0.1) is 42.2 Å². The van der Waals surface area contributed by atoms with Crippen molar-refractivity contribution < 1.29 is 38.6 Å². The van der Waals surface area contributed by atoms with Gasteiger partial charge in [0.25, 0.3) is 0 Å². The highest BCUT2D eigenvalue weighted by molar-refractivity contribution is 9.10. The molecule has 0 bridgehead atoms. The van der Waals surface area contributed by atoms with Crippen molar-refractivity contribution >= 4 is 62.5 Å². The number of amides is 4. The molecule has 1 N–H and O–H groups in total. The van der Waals surface area contributed by atoms with E-state index >= 15 is 0 Å². The predicted molar refractivity (Wildman–Crippen MR) is 217 cm³/mol. The number of hydrogen-bond acceptors (Lipinski definition) is 8. The molecule has 11 heteroatoms. The van der Waals surface area contributed by atoms with E-state index in [0.717, 1.165) is 4.90 Å². The summed E-state index contributed by atoms with van der Waals surface area (Å²) in [5, 5.41) is 11.6. The van der Waals surface area contributed by atoms with Crippen molar-refractivity contribution in [1.82, 2.24) is 0 Å². The summed E-state index contributed by atoms with van der Waals surface area (Å²) in [5.41, 5.74) is 3.52. The topological polar surface area (TPSA) is 138 Å². The normalized spacial score (nSPS) is 23.6. The third-order valence-corrected chi connectivity index (χ3v) is 12.6. The number of benzene rings is 5. The van der Waals surface area contributed by atoms with E-state index in [4.69, 9.17) is 4.74 Å². The maximum absolute atomic E-state index is 14.7. The molecule has 2 aliphatic carbocycles. The minimum atomic E-state index is -0.944. The van der Waals surface area contributed by atoms with Crippen molar-refractivity contribution in [2.24, 2.45) is 29.6 Å². The Morgan fingerprint density at radius 3 is 1.62 bits per heavy atom. The third-order valence-electron chi connectivity index (χ3n) is 12.1. The fraction of sp³-hybridized carbons (Fsp3) is 0.191. The van der Waals surface area contributed by atoms with Crippen molar-refractivity contribution in [3.05, 3.63) is 165 Å². The summed E-state index contributed by atoms with van der Waals surface area (Å²) in [4.78, 5) is 86.5. The highest BCUT2D eigenvalue weighted by Crippen LogP contribution is 2.60. The first-order chi connectivity index (χ1) is 28.1. The number of rotatable bonds is 8. The average Bonchev–Trinajstić information content (AvgIpc) is 3.67. The van der Waals surface area contributed by atoms with E-state index in [1.54, 1.807) is 109 Å². The van der Waals surface area contributed by atoms with E-state index in [1.165, 1.54) is 12.0 Å². The number of anilines is 2. The van der Waals surface area contributed by atoms with E-state index in [-0.39, 0.29) is 41.8 Å². The Kier molecular flexibility index (Phi) is 9.27. The lowest BCUT2D eigenvalue weighted by atomic mass is 9.57. The van der Waals surface area contributed by atoms with Gasteiger partial charge in [-0.1, -0.05) is 88.2 Å². The van der Waals surface area contributed by atoms with Crippen LogP contribution < -0.4 is 14.5 Å². The van der Waals surface area contributed by atoms with Crippen molar-refractivity contribution in [3.8, 4) is 11.5 Å². The zero-order valence-electron chi connectivity index (χ0n) is 31.1. The molecule has 9 rings (SSSR count). The van der Waals surface area contributed by atoms with Crippen LogP contribution in [0.15, 0.2) is 137 Å². The summed E-state index contributed by atoms with van der Waals surface area (Å²) >= 11 is 3.52. The molecule has 0 radical (unpaired) electrons. The van der Waals surface area contributed by atoms with Gasteiger partial charge in [-0.3, -0.25) is 38.6 Å². The minimum absolute atomic E-state index is 0.128. The highest BCUT2D eigenvalue weighted by Gasteiger charge is 2.62. The molecule has 0 unspecified atom stereocenters. The zero-order valence-corrected chi connectivity index (χ0v) is 32.7. The van der Waals surface area contributed by atoms with Crippen LogP contribution >= 0.6 is 15.9 Å². The first-order valence-corrected chi connectivity index (χ1v) is 19.8. The van der Waals surface area contributed by atoms with Gasteiger partial charge in [-0.05, 0) is 79.4 Å². The molecule has 5 aromatic carbocycles. The van der Waals surface area contributed by atoms with Gasteiger partial charge < -0.3 is 9.84 Å². The van der Waals surface area contributed by atoms with Crippen molar-refractivity contribution in [2.75, 3.05) is 16.9 Å². The van der Waals surface area contributed by atoms with Crippen LogP contribution in [0.5, 0.6) is 11.5 Å². The number of allylic oxidation sites excluding steroid dienone is 2. The molecule has 3 fully saturated rings. The Morgan fingerprint density at radius 2 is 1.10 bits per heavy atom. The number of aromatic hydroxyl groups is 1. The van der Waals surface area contributed by atoms with Crippen molar-refractivity contribution in [1.29, 1.82) is 0 Å². The summed E-state index contributed by atoms with van der Waals surface area (Å²) in [7, 11) is 1.42. The SMILES string of the molecule is COc1cc(Br)cc([C@H]2C3=CC[C@@H]4C(=O)N(c5ccc(C(=O)c6ccccc6)cc5)C(=O)[C@@H]4[C@@H]3C[C@H]3C(=O)N(c4ccc(C(=O)c5ccccc5)cc4)C(=O)[C@@H]23)c1O. The summed E-state index contributed by atoms with van der Waals surface area (Å²) in [6, 6.07) is 33.6. The van der Waals surface area contributed by atoms with Crippen LogP contribution in [-0.4, -0.2) is 47.4 Å². The lowest BCUT2D eigenvalue weighted by molar-refractivity contribution is -0.126. The zero-order chi connectivity index (χ0) is 40.4. The number of phenols is 1. The number of fused-ring (bicyclic) bond motifs is 4. The van der Waals surface area contributed by atoms with Crippen molar-refractivity contribution in [2.45, 2.75) is 18.8 Å². The minimum Gasteiger partial charge on any atom is -0.504 e. The maximum Gasteiger partial charge on any atom is 0.238 e. The van der Waals surface area contributed by atoms with E-state index in [2.05, 4.69) is 15.9 Å². The van der Waals surface area contributed by atoms with Gasteiger partial charge in [0.15, 0.2) is 23.1 Å². The monoisotopic (exact) mass is 834 g/mol. The second kappa shape index (κ2) is 14.5. The molecule has 1 saturated carbocycles. The second-order valence-electron chi connectivity index (χ2n) is 15.1. The predicted octanol–water partition coefficient (Wildman–Crippen LogP) is 7.67. The summed E-state index contributed by atoms with van der Waals surface area (Å²) in [5.74, 6) is -6.99. The van der Waals surface area contributed by atoms with E-state index < -0.39 is 53.2 Å². The third kappa shape index (κ3) is 5.91. The quantitative estimate of drug-likeness (QED) is 0.0956.